The summed E-state index contributed by atoms with van der Waals surface area (Å²) in [6.45, 7) is 6.50. The van der Waals surface area contributed by atoms with E-state index in [1.165, 1.54) is 17.0 Å². The van der Waals surface area contributed by atoms with Gasteiger partial charge in [0.15, 0.2) is 0 Å². The van der Waals surface area contributed by atoms with Crippen LogP contribution in [-0.4, -0.2) is 38.5 Å². The second-order valence-corrected chi connectivity index (χ2v) is 8.94. The number of hydrogen-bond donors (Lipinski definition) is 2. The predicted molar refractivity (Wildman–Crippen MR) is 150 cm³/mol. The minimum Gasteiger partial charge on any atom is -0.496 e. The van der Waals surface area contributed by atoms with Gasteiger partial charge in [0.1, 0.15) is 23.8 Å². The average Bonchev–Trinajstić information content (AvgIpc) is 3.48. The number of hydrogen-bond acceptors (Lipinski definition) is 6. The molecule has 2 heterocycles. The van der Waals surface area contributed by atoms with Gasteiger partial charge in [-0.2, -0.15) is 10.2 Å². The molecule has 10 heteroatoms. The summed E-state index contributed by atoms with van der Waals surface area (Å²) in [5, 5.41) is 14.0. The number of ether oxygens (including phenoxy) is 2. The highest BCUT2D eigenvalue weighted by Gasteiger charge is 2.20. The lowest BCUT2D eigenvalue weighted by Crippen LogP contribution is -2.20. The lowest BCUT2D eigenvalue weighted by Gasteiger charge is -2.12. The zero-order valence-electron chi connectivity index (χ0n) is 22.7. The van der Waals surface area contributed by atoms with E-state index in [4.69, 9.17) is 9.47 Å². The second-order valence-electron chi connectivity index (χ2n) is 8.94. The van der Waals surface area contributed by atoms with Crippen LogP contribution in [0, 0.1) is 13.8 Å². The Morgan fingerprint density at radius 1 is 1.03 bits per heavy atom. The second kappa shape index (κ2) is 12.1. The van der Waals surface area contributed by atoms with Gasteiger partial charge in [0, 0.05) is 25.2 Å². The Morgan fingerprint density at radius 2 is 1.82 bits per heavy atom. The molecule has 0 bridgehead atoms. The Hall–Kier alpha value is -4.86. The molecule has 2 aromatic heterocycles. The van der Waals surface area contributed by atoms with Crippen LogP contribution >= 0.6 is 0 Å². The summed E-state index contributed by atoms with van der Waals surface area (Å²) < 4.78 is 14.6. The highest BCUT2D eigenvalue weighted by Crippen LogP contribution is 2.24. The molecule has 39 heavy (non-hydrogen) atoms. The third-order valence-corrected chi connectivity index (χ3v) is 6.21. The topological polar surface area (TPSA) is 112 Å². The van der Waals surface area contributed by atoms with Crippen LogP contribution in [0.5, 0.6) is 11.5 Å². The quantitative estimate of drug-likeness (QED) is 0.288. The molecule has 10 nitrogen and oxygen atoms in total. The van der Waals surface area contributed by atoms with Crippen LogP contribution in [-0.2, 0) is 25.0 Å². The summed E-state index contributed by atoms with van der Waals surface area (Å²) in [6.07, 6.45) is 6.14. The van der Waals surface area contributed by atoms with Crippen LogP contribution in [0.2, 0.25) is 0 Å². The largest absolute Gasteiger partial charge is 0.496 e. The molecule has 0 saturated heterocycles. The SMILES string of the molecule is CCn1ncc(NC(=O)/C=C/c2ccc(OC)c(COc3cccc(C)c3)c2)c1C(=O)Nc1cnn(C)c1C. The molecular formula is C29H32N6O4. The fourth-order valence-electron chi connectivity index (χ4n) is 3.99. The van der Waals surface area contributed by atoms with Crippen molar-refractivity contribution in [3.63, 3.8) is 0 Å². The molecule has 2 N–H and O–H groups in total. The molecule has 0 fully saturated rings. The van der Waals surface area contributed by atoms with Crippen LogP contribution in [0.4, 0.5) is 11.4 Å². The number of methoxy groups -OCH3 is 1. The maximum atomic E-state index is 13.1. The third kappa shape index (κ3) is 6.53. The lowest BCUT2D eigenvalue weighted by atomic mass is 10.1. The van der Waals surface area contributed by atoms with Gasteiger partial charge in [0.25, 0.3) is 5.91 Å². The van der Waals surface area contributed by atoms with Crippen molar-refractivity contribution in [1.29, 1.82) is 0 Å². The summed E-state index contributed by atoms with van der Waals surface area (Å²) in [7, 11) is 3.40. The van der Waals surface area contributed by atoms with Crippen LogP contribution in [0.25, 0.3) is 6.08 Å². The molecule has 4 aromatic rings. The standard InChI is InChI=1S/C29H32N6O4/c1-6-35-28(29(37)33-24-16-30-34(4)20(24)3)25(17-31-35)32-27(36)13-11-21-10-12-26(38-5)22(15-21)18-39-23-9-7-8-19(2)14-23/h7-17H,6,18H2,1-5H3,(H,32,36)(H,33,37)/b13-11+. The van der Waals surface area contributed by atoms with Gasteiger partial charge in [-0.15, -0.1) is 0 Å². The Kier molecular flexibility index (Phi) is 8.45. The number of rotatable bonds is 10. The number of nitrogens with zero attached hydrogens (tertiary/aromatic N) is 4. The van der Waals surface area contributed by atoms with E-state index in [-0.39, 0.29) is 5.69 Å². The zero-order valence-corrected chi connectivity index (χ0v) is 22.7. The minimum absolute atomic E-state index is 0.252. The van der Waals surface area contributed by atoms with Crippen LogP contribution < -0.4 is 20.1 Å². The number of benzene rings is 2. The molecule has 0 unspecified atom stereocenters. The fraction of sp³-hybridized carbons (Fsp3) is 0.241. The summed E-state index contributed by atoms with van der Waals surface area (Å²) in [5.74, 6) is 0.669. The van der Waals surface area contributed by atoms with Crippen molar-refractivity contribution in [1.82, 2.24) is 19.6 Å². The number of aromatic nitrogens is 4. The van der Waals surface area contributed by atoms with E-state index in [1.54, 1.807) is 31.1 Å². The van der Waals surface area contributed by atoms with Crippen LogP contribution in [0.3, 0.4) is 0 Å². The van der Waals surface area contributed by atoms with Gasteiger partial charge in [-0.25, -0.2) is 0 Å². The Balaban J connectivity index is 1.46. The van der Waals surface area contributed by atoms with Gasteiger partial charge in [-0.05, 0) is 62.2 Å². The first-order valence-corrected chi connectivity index (χ1v) is 12.5. The van der Waals surface area contributed by atoms with E-state index in [9.17, 15) is 9.59 Å². The highest BCUT2D eigenvalue weighted by atomic mass is 16.5. The van der Waals surface area contributed by atoms with Crippen LogP contribution in [0.15, 0.2) is 60.9 Å². The number of nitrogens with one attached hydrogen (secondary N) is 2. The summed E-state index contributed by atoms with van der Waals surface area (Å²) >= 11 is 0. The maximum Gasteiger partial charge on any atom is 0.276 e. The van der Waals surface area contributed by atoms with Gasteiger partial charge in [-0.3, -0.25) is 19.0 Å². The van der Waals surface area contributed by atoms with Gasteiger partial charge >= 0.3 is 0 Å². The van der Waals surface area contributed by atoms with Crippen molar-refractivity contribution in [2.24, 2.45) is 7.05 Å². The fourth-order valence-corrected chi connectivity index (χ4v) is 3.99. The van der Waals surface area contributed by atoms with E-state index >= 15 is 0 Å². The number of carbonyl (C=O) groups is 2. The molecular weight excluding hydrogens is 496 g/mol. The summed E-state index contributed by atoms with van der Waals surface area (Å²) in [6, 6.07) is 13.4. The summed E-state index contributed by atoms with van der Waals surface area (Å²) in [4.78, 5) is 25.9. The average molecular weight is 529 g/mol. The molecule has 0 radical (unpaired) electrons. The molecule has 0 atom stereocenters. The summed E-state index contributed by atoms with van der Waals surface area (Å²) in [5.41, 5.74) is 4.71. The first-order chi connectivity index (χ1) is 18.8. The molecule has 0 aliphatic carbocycles. The van der Waals surface area contributed by atoms with E-state index in [0.29, 0.717) is 30.3 Å². The smallest absolute Gasteiger partial charge is 0.276 e. The molecule has 0 spiro atoms. The van der Waals surface area contributed by atoms with E-state index in [1.807, 2.05) is 63.2 Å². The van der Waals surface area contributed by atoms with Crippen LogP contribution in [0.1, 0.15) is 39.8 Å². The molecule has 2 aromatic carbocycles. The molecule has 0 saturated carbocycles. The Labute approximate surface area is 227 Å². The molecule has 4 rings (SSSR count). The number of aryl methyl sites for hydroxylation is 3. The molecule has 2 amide bonds. The Morgan fingerprint density at radius 3 is 2.51 bits per heavy atom. The number of carbonyl (C=O) groups excluding carboxylic acids is 2. The Bertz CT molecular complexity index is 1520. The van der Waals surface area contributed by atoms with E-state index in [2.05, 4.69) is 20.8 Å². The number of anilines is 2. The van der Waals surface area contributed by atoms with Crippen molar-refractivity contribution >= 4 is 29.3 Å². The normalized spacial score (nSPS) is 11.0. The van der Waals surface area contributed by atoms with Crippen molar-refractivity contribution in [2.45, 2.75) is 33.9 Å². The third-order valence-electron chi connectivity index (χ3n) is 6.21. The predicted octanol–water partition coefficient (Wildman–Crippen LogP) is 4.75. The van der Waals surface area contributed by atoms with Crippen molar-refractivity contribution in [2.75, 3.05) is 17.7 Å². The number of amides is 2. The minimum atomic E-state index is -0.398. The van der Waals surface area contributed by atoms with E-state index < -0.39 is 11.8 Å². The van der Waals surface area contributed by atoms with Crippen molar-refractivity contribution in [3.05, 3.63) is 89.0 Å². The first-order valence-electron chi connectivity index (χ1n) is 12.5. The molecule has 202 valence electrons. The maximum absolute atomic E-state index is 13.1. The molecule has 0 aliphatic heterocycles. The van der Waals surface area contributed by atoms with Gasteiger partial charge in [0.2, 0.25) is 5.91 Å². The van der Waals surface area contributed by atoms with Crippen molar-refractivity contribution in [3.8, 4) is 11.5 Å². The van der Waals surface area contributed by atoms with E-state index in [0.717, 1.165) is 28.1 Å². The first kappa shape index (κ1) is 27.2. The monoisotopic (exact) mass is 528 g/mol. The van der Waals surface area contributed by atoms with Gasteiger partial charge in [-0.1, -0.05) is 18.2 Å². The zero-order chi connectivity index (χ0) is 27.9. The van der Waals surface area contributed by atoms with Crippen molar-refractivity contribution < 1.29 is 19.1 Å². The van der Waals surface area contributed by atoms with Gasteiger partial charge < -0.3 is 20.1 Å². The molecule has 0 aliphatic rings. The van der Waals surface area contributed by atoms with Gasteiger partial charge in [0.05, 0.1) is 36.6 Å². The highest BCUT2D eigenvalue weighted by molar-refractivity contribution is 6.10. The lowest BCUT2D eigenvalue weighted by molar-refractivity contribution is -0.111.